The first kappa shape index (κ1) is 17.4. The maximum Gasteiger partial charge on any atom is 0.224 e. The van der Waals surface area contributed by atoms with Crippen LogP contribution < -0.4 is 10.5 Å². The van der Waals surface area contributed by atoms with Gasteiger partial charge in [-0.05, 0) is 11.3 Å². The van der Waals surface area contributed by atoms with Crippen LogP contribution in [0.25, 0.3) is 0 Å². The molecule has 1 heterocycles. The number of aromatic nitrogens is 2. The van der Waals surface area contributed by atoms with Crippen LogP contribution in [0.1, 0.15) is 27.7 Å². The first-order valence-electron chi connectivity index (χ1n) is 6.66. The van der Waals surface area contributed by atoms with Crippen molar-refractivity contribution in [1.82, 2.24) is 9.97 Å². The van der Waals surface area contributed by atoms with E-state index in [2.05, 4.69) is 37.7 Å². The van der Waals surface area contributed by atoms with Gasteiger partial charge in [0.25, 0.3) is 0 Å². The summed E-state index contributed by atoms with van der Waals surface area (Å²) in [7, 11) is -0.104. The molecule has 1 aromatic rings. The Morgan fingerprint density at radius 2 is 1.85 bits per heavy atom. The number of halogens is 1. The van der Waals surface area contributed by atoms with Crippen LogP contribution in [-0.4, -0.2) is 40.8 Å². The quantitative estimate of drug-likeness (QED) is 0.452. The van der Waals surface area contributed by atoms with Gasteiger partial charge in [-0.15, -0.1) is 0 Å². The highest BCUT2D eigenvalue weighted by Gasteiger charge is 2.16. The number of nitrogen functional groups attached to an aromatic ring is 1. The normalized spacial score (nSPS) is 11.6. The van der Waals surface area contributed by atoms with Gasteiger partial charge >= 0.3 is 0 Å². The van der Waals surface area contributed by atoms with Crippen LogP contribution in [0, 0.1) is 0 Å². The van der Waals surface area contributed by atoms with Crippen LogP contribution in [0.4, 0.5) is 5.95 Å². The topological polar surface area (TPSA) is 70.3 Å². The van der Waals surface area contributed by atoms with Gasteiger partial charge < -0.3 is 15.2 Å². The molecule has 5 nitrogen and oxygen atoms in total. The first-order chi connectivity index (χ1) is 9.40. The molecule has 0 unspecified atom stereocenters. The maximum absolute atomic E-state index is 5.76. The van der Waals surface area contributed by atoms with E-state index in [0.717, 1.165) is 6.35 Å². The summed E-state index contributed by atoms with van der Waals surface area (Å²) < 4.78 is 11.1. The van der Waals surface area contributed by atoms with Crippen LogP contribution in [-0.2, 0) is 4.74 Å². The summed E-state index contributed by atoms with van der Waals surface area (Å²) in [6, 6.07) is 1.53. The zero-order valence-corrected chi connectivity index (χ0v) is 14.1. The van der Waals surface area contributed by atoms with Crippen molar-refractivity contribution >= 4 is 25.5 Å². The van der Waals surface area contributed by atoms with E-state index in [1.807, 2.05) is 0 Å². The lowest BCUT2D eigenvalue weighted by molar-refractivity contribution is 0.130. The van der Waals surface area contributed by atoms with E-state index in [4.69, 9.17) is 26.8 Å². The van der Waals surface area contributed by atoms with Crippen LogP contribution in [0.15, 0.2) is 6.07 Å². The lowest BCUT2D eigenvalue weighted by atomic mass is 10.5. The van der Waals surface area contributed by atoms with E-state index in [9.17, 15) is 0 Å². The van der Waals surface area contributed by atoms with Gasteiger partial charge in [0.05, 0.1) is 13.0 Å². The van der Waals surface area contributed by atoms with Crippen molar-refractivity contribution in [3.63, 3.8) is 0 Å². The average Bonchev–Trinajstić information content (AvgIpc) is 2.31. The predicted octanol–water partition coefficient (Wildman–Crippen LogP) is 3.36. The second-order valence-corrected chi connectivity index (χ2v) is 8.71. The molecule has 0 aliphatic carbocycles. The van der Waals surface area contributed by atoms with Crippen molar-refractivity contribution in [2.45, 2.75) is 39.0 Å². The summed E-state index contributed by atoms with van der Waals surface area (Å²) in [5.41, 5.74) is 6.83. The Kier molecular flexibility index (Phi) is 7.49. The molecular formula is C13H23ClN3O2P. The maximum atomic E-state index is 5.76. The molecule has 0 saturated carbocycles. The molecule has 0 saturated heterocycles. The van der Waals surface area contributed by atoms with E-state index in [-0.39, 0.29) is 19.0 Å². The van der Waals surface area contributed by atoms with Gasteiger partial charge in [-0.3, -0.25) is 0 Å². The minimum atomic E-state index is -0.104. The summed E-state index contributed by atoms with van der Waals surface area (Å²) >= 11 is 5.76. The summed E-state index contributed by atoms with van der Waals surface area (Å²) in [6.07, 6.45) is 0.806. The fourth-order valence-corrected chi connectivity index (χ4v) is 4.07. The fourth-order valence-electron chi connectivity index (χ4n) is 1.76. The van der Waals surface area contributed by atoms with Crippen LogP contribution in [0.3, 0.4) is 0 Å². The molecule has 0 fully saturated rings. The smallest absolute Gasteiger partial charge is 0.224 e. The monoisotopic (exact) mass is 319 g/mol. The van der Waals surface area contributed by atoms with Crippen molar-refractivity contribution in [2.24, 2.45) is 0 Å². The summed E-state index contributed by atoms with van der Waals surface area (Å²) in [5.74, 6) is 0.484. The molecule has 114 valence electrons. The zero-order valence-electron chi connectivity index (χ0n) is 12.5. The number of ether oxygens (including phenoxy) is 2. The third-order valence-corrected chi connectivity index (χ3v) is 6.06. The molecule has 7 heteroatoms. The summed E-state index contributed by atoms with van der Waals surface area (Å²) in [4.78, 5) is 7.70. The second-order valence-electron chi connectivity index (χ2n) is 4.97. The van der Waals surface area contributed by atoms with E-state index in [1.54, 1.807) is 0 Å². The Balaban J connectivity index is 2.28. The van der Waals surface area contributed by atoms with Gasteiger partial charge in [0.15, 0.2) is 0 Å². The molecule has 0 aromatic carbocycles. The molecule has 0 spiro atoms. The van der Waals surface area contributed by atoms with Gasteiger partial charge in [0.2, 0.25) is 11.8 Å². The minimum absolute atomic E-state index is 0.104. The van der Waals surface area contributed by atoms with E-state index >= 15 is 0 Å². The van der Waals surface area contributed by atoms with Crippen molar-refractivity contribution in [3.05, 3.63) is 11.2 Å². The molecule has 2 N–H and O–H groups in total. The Morgan fingerprint density at radius 1 is 1.20 bits per heavy atom. The van der Waals surface area contributed by atoms with Gasteiger partial charge in [-0.25, -0.2) is 4.98 Å². The van der Waals surface area contributed by atoms with Crippen molar-refractivity contribution in [2.75, 3.05) is 25.3 Å². The Bertz CT molecular complexity index is 390. The first-order valence-corrected chi connectivity index (χ1v) is 8.70. The van der Waals surface area contributed by atoms with Gasteiger partial charge in [0.1, 0.15) is 11.8 Å². The third kappa shape index (κ3) is 6.21. The van der Waals surface area contributed by atoms with Gasteiger partial charge in [-0.2, -0.15) is 4.98 Å². The number of nitrogens with two attached hydrogens (primary N) is 1. The molecule has 1 rings (SSSR count). The van der Waals surface area contributed by atoms with E-state index in [1.165, 1.54) is 6.07 Å². The minimum Gasteiger partial charge on any atom is -0.475 e. The molecular weight excluding hydrogens is 297 g/mol. The van der Waals surface area contributed by atoms with Gasteiger partial charge in [-0.1, -0.05) is 47.2 Å². The molecule has 1 aromatic heterocycles. The Hall–Kier alpha value is -0.640. The molecule has 20 heavy (non-hydrogen) atoms. The zero-order chi connectivity index (χ0) is 15.1. The van der Waals surface area contributed by atoms with Crippen molar-refractivity contribution in [1.29, 1.82) is 0 Å². The van der Waals surface area contributed by atoms with Crippen LogP contribution >= 0.6 is 19.5 Å². The Morgan fingerprint density at radius 3 is 2.40 bits per heavy atom. The SMILES string of the molecule is CC(C)P(COCCOc1cc(Cl)nc(N)n1)C(C)C. The number of rotatable bonds is 8. The summed E-state index contributed by atoms with van der Waals surface area (Å²) in [5, 5.41) is 0.275. The molecule has 0 amide bonds. The van der Waals surface area contributed by atoms with Crippen LogP contribution in [0.2, 0.25) is 5.15 Å². The van der Waals surface area contributed by atoms with Crippen molar-refractivity contribution < 1.29 is 9.47 Å². The molecule has 0 radical (unpaired) electrons. The number of nitrogens with zero attached hydrogens (tertiary/aromatic N) is 2. The average molecular weight is 320 g/mol. The predicted molar refractivity (Wildman–Crippen MR) is 85.0 cm³/mol. The summed E-state index contributed by atoms with van der Waals surface area (Å²) in [6.45, 7) is 9.94. The third-order valence-electron chi connectivity index (χ3n) is 2.73. The fraction of sp³-hybridized carbons (Fsp3) is 0.692. The van der Waals surface area contributed by atoms with Crippen molar-refractivity contribution in [3.8, 4) is 5.88 Å². The molecule has 0 aliphatic rings. The highest BCUT2D eigenvalue weighted by Crippen LogP contribution is 2.45. The number of hydrogen-bond acceptors (Lipinski definition) is 5. The number of hydrogen-bond donors (Lipinski definition) is 1. The second kappa shape index (κ2) is 8.60. The lowest BCUT2D eigenvalue weighted by Crippen LogP contribution is -2.13. The highest BCUT2D eigenvalue weighted by molar-refractivity contribution is 7.58. The molecule has 0 bridgehead atoms. The largest absolute Gasteiger partial charge is 0.475 e. The Labute approximate surface area is 127 Å². The standard InChI is InChI=1S/C13H23ClN3O2P/c1-9(2)20(10(3)4)8-18-5-6-19-12-7-11(14)16-13(15)17-12/h7,9-10H,5-6,8H2,1-4H3,(H2,15,16,17). The highest BCUT2D eigenvalue weighted by atomic mass is 35.5. The van der Waals surface area contributed by atoms with E-state index in [0.29, 0.717) is 30.4 Å². The number of anilines is 1. The molecule has 0 atom stereocenters. The van der Waals surface area contributed by atoms with Crippen LogP contribution in [0.5, 0.6) is 5.88 Å². The van der Waals surface area contributed by atoms with E-state index < -0.39 is 0 Å². The lowest BCUT2D eigenvalue weighted by Gasteiger charge is -2.25. The van der Waals surface area contributed by atoms with Gasteiger partial charge in [0, 0.05) is 6.07 Å². The molecule has 0 aliphatic heterocycles.